The Morgan fingerprint density at radius 1 is 0.629 bits per heavy atom. The van der Waals surface area contributed by atoms with E-state index in [0.29, 0.717) is 50.7 Å². The summed E-state index contributed by atoms with van der Waals surface area (Å²) in [7, 11) is -12.1. The quantitative estimate of drug-likeness (QED) is 0.0173. The molecule has 70 heavy (non-hydrogen) atoms. The molecule has 0 aliphatic heterocycles. The smallest absolute Gasteiger partial charge is 0.298 e. The SMILES string of the molecule is CCCOc1cc(N=Nc2ccc(CO)cc2)c(I)cc1Cc1nc(Cc2cc(I)c(N=Nc3ccc(OC)c(S(=O)(=O)O)c3)cc2OCCCS(=O)(=O)O)nc(NCc2ccc(S(=O)(=O)O)cc2)n1. The number of hydrogen-bond donors (Lipinski definition) is 5. The number of benzene rings is 5. The van der Waals surface area contributed by atoms with Crippen LogP contribution < -0.4 is 19.5 Å². The van der Waals surface area contributed by atoms with Crippen molar-refractivity contribution in [2.75, 3.05) is 31.4 Å². The molecule has 0 atom stereocenters. The highest BCUT2D eigenvalue weighted by Gasteiger charge is 2.20. The molecule has 0 fully saturated rings. The maximum Gasteiger partial charge on any atom is 0.298 e. The number of anilines is 1. The summed E-state index contributed by atoms with van der Waals surface area (Å²) >= 11 is 4.19. The van der Waals surface area contributed by atoms with Gasteiger partial charge in [-0.05, 0) is 124 Å². The molecule has 0 aliphatic carbocycles. The number of halogens is 2. The predicted molar refractivity (Wildman–Crippen MR) is 273 cm³/mol. The molecule has 6 rings (SSSR count). The minimum Gasteiger partial charge on any atom is -0.495 e. The lowest BCUT2D eigenvalue weighted by Crippen LogP contribution is -2.12. The first-order valence-electron chi connectivity index (χ1n) is 20.8. The highest BCUT2D eigenvalue weighted by Crippen LogP contribution is 2.36. The van der Waals surface area contributed by atoms with Gasteiger partial charge in [-0.3, -0.25) is 13.7 Å². The number of aliphatic hydroxyl groups excluding tert-OH is 1. The Balaban J connectivity index is 1.38. The van der Waals surface area contributed by atoms with Crippen molar-refractivity contribution in [1.29, 1.82) is 0 Å². The second kappa shape index (κ2) is 24.2. The van der Waals surface area contributed by atoms with Crippen molar-refractivity contribution >= 4 is 104 Å². The first kappa shape index (κ1) is 54.0. The molecule has 0 radical (unpaired) electrons. The third-order valence-corrected chi connectivity index (χ3v) is 14.0. The van der Waals surface area contributed by atoms with Crippen molar-refractivity contribution in [2.24, 2.45) is 20.5 Å². The van der Waals surface area contributed by atoms with E-state index in [1.54, 1.807) is 42.5 Å². The van der Waals surface area contributed by atoms with Gasteiger partial charge >= 0.3 is 0 Å². The molecule has 0 saturated carbocycles. The van der Waals surface area contributed by atoms with Crippen molar-refractivity contribution in [2.45, 2.75) is 55.5 Å². The lowest BCUT2D eigenvalue weighted by molar-refractivity contribution is 0.282. The topological polar surface area (TPSA) is 311 Å². The van der Waals surface area contributed by atoms with Gasteiger partial charge in [0.15, 0.2) is 0 Å². The van der Waals surface area contributed by atoms with Crippen molar-refractivity contribution in [1.82, 2.24) is 15.0 Å². The molecule has 1 aromatic heterocycles. The maximum atomic E-state index is 12.0. The molecule has 21 nitrogen and oxygen atoms in total. The van der Waals surface area contributed by atoms with E-state index in [1.807, 2.05) is 35.6 Å². The molecule has 0 amide bonds. The van der Waals surface area contributed by atoms with Crippen LogP contribution in [0.15, 0.2) is 121 Å². The zero-order chi connectivity index (χ0) is 50.6. The third-order valence-electron chi connectivity index (χ3n) is 9.71. The monoisotopic (exact) mass is 1240 g/mol. The highest BCUT2D eigenvalue weighted by atomic mass is 127. The zero-order valence-electron chi connectivity index (χ0n) is 37.1. The van der Waals surface area contributed by atoms with Gasteiger partial charge in [0.1, 0.15) is 45.2 Å². The Bertz CT molecular complexity index is 3240. The summed E-state index contributed by atoms with van der Waals surface area (Å²) in [5.41, 5.74) is 4.11. The van der Waals surface area contributed by atoms with E-state index >= 15 is 0 Å². The molecule has 5 N–H and O–H groups in total. The summed E-state index contributed by atoms with van der Waals surface area (Å²) in [4.78, 5) is 13.5. The van der Waals surface area contributed by atoms with Gasteiger partial charge in [-0.2, -0.15) is 45.4 Å². The Labute approximate surface area is 430 Å². The molecule has 0 unspecified atom stereocenters. The van der Waals surface area contributed by atoms with E-state index in [-0.39, 0.29) is 78.6 Å². The van der Waals surface area contributed by atoms with Gasteiger partial charge in [0.05, 0.1) is 49.0 Å². The lowest BCUT2D eigenvalue weighted by atomic mass is 10.1. The summed E-state index contributed by atoms with van der Waals surface area (Å²) in [6, 6.07) is 23.4. The molecule has 0 saturated heterocycles. The van der Waals surface area contributed by atoms with Crippen molar-refractivity contribution in [3.05, 3.63) is 132 Å². The molecule has 1 heterocycles. The first-order chi connectivity index (χ1) is 33.2. The van der Waals surface area contributed by atoms with Crippen LogP contribution in [0.25, 0.3) is 0 Å². The number of aliphatic hydroxyl groups is 1. The summed E-state index contributed by atoms with van der Waals surface area (Å²) in [6.45, 7) is 2.27. The second-order valence-corrected chi connectivity index (χ2v) is 21.7. The van der Waals surface area contributed by atoms with E-state index < -0.39 is 41.0 Å². The van der Waals surface area contributed by atoms with Crippen LogP contribution in [-0.2, 0) is 56.3 Å². The molecule has 0 aliphatic rings. The lowest BCUT2D eigenvalue weighted by Gasteiger charge is -2.15. The minimum absolute atomic E-state index is 0.0276. The summed E-state index contributed by atoms with van der Waals surface area (Å²) in [5.74, 6) is 0.823. The van der Waals surface area contributed by atoms with Gasteiger partial charge < -0.3 is 24.6 Å². The average molecular weight is 1240 g/mol. The van der Waals surface area contributed by atoms with E-state index in [2.05, 4.69) is 48.4 Å². The molecule has 0 spiro atoms. The van der Waals surface area contributed by atoms with Gasteiger partial charge in [0.25, 0.3) is 30.4 Å². The molecule has 5 aromatic carbocycles. The fourth-order valence-corrected chi connectivity index (χ4v) is 9.25. The molecule has 6 aromatic rings. The van der Waals surface area contributed by atoms with Gasteiger partial charge in [-0.15, -0.1) is 10.2 Å². The van der Waals surface area contributed by atoms with Gasteiger partial charge in [0, 0.05) is 49.8 Å². The number of rotatable bonds is 23. The van der Waals surface area contributed by atoms with Crippen LogP contribution in [-0.4, -0.2) is 85.0 Å². The number of hydrogen-bond acceptors (Lipinski definition) is 18. The zero-order valence-corrected chi connectivity index (χ0v) is 43.9. The van der Waals surface area contributed by atoms with E-state index in [4.69, 9.17) is 29.2 Å². The van der Waals surface area contributed by atoms with Gasteiger partial charge in [-0.25, -0.2) is 4.98 Å². The number of aromatic nitrogens is 3. The van der Waals surface area contributed by atoms with E-state index in [0.717, 1.165) is 20.8 Å². The Kier molecular flexibility index (Phi) is 18.7. The Morgan fingerprint density at radius 2 is 1.17 bits per heavy atom. The minimum atomic E-state index is -4.67. The molecule has 370 valence electrons. The largest absolute Gasteiger partial charge is 0.495 e. The third kappa shape index (κ3) is 15.8. The highest BCUT2D eigenvalue weighted by molar-refractivity contribution is 14.1. The van der Waals surface area contributed by atoms with Crippen LogP contribution in [0.3, 0.4) is 0 Å². The molecule has 26 heteroatoms. The number of methoxy groups -OCH3 is 1. The van der Waals surface area contributed by atoms with Gasteiger partial charge in [0.2, 0.25) is 5.95 Å². The normalized spacial score (nSPS) is 12.2. The molecule has 0 bridgehead atoms. The van der Waals surface area contributed by atoms with Crippen LogP contribution >= 0.6 is 45.2 Å². The molecular formula is C44H44I2N8O13S3. The summed E-state index contributed by atoms with van der Waals surface area (Å²) < 4.78 is 118. The predicted octanol–water partition coefficient (Wildman–Crippen LogP) is 9.15. The van der Waals surface area contributed by atoms with Crippen LogP contribution in [0, 0.1) is 7.14 Å². The van der Waals surface area contributed by atoms with Crippen molar-refractivity contribution in [3.8, 4) is 17.2 Å². The second-order valence-electron chi connectivity index (χ2n) is 15.0. The summed E-state index contributed by atoms with van der Waals surface area (Å²) in [6.07, 6.45) is 0.826. The van der Waals surface area contributed by atoms with E-state index in [9.17, 15) is 44.0 Å². The van der Waals surface area contributed by atoms with Crippen LogP contribution in [0.5, 0.6) is 17.2 Å². The number of nitrogens with zero attached hydrogens (tertiary/aromatic N) is 7. The van der Waals surface area contributed by atoms with Crippen molar-refractivity contribution < 1.29 is 58.2 Å². The van der Waals surface area contributed by atoms with E-state index in [1.165, 1.54) is 43.5 Å². The maximum absolute atomic E-state index is 12.0. The van der Waals surface area contributed by atoms with Crippen LogP contribution in [0.1, 0.15) is 53.7 Å². The average Bonchev–Trinajstić information content (AvgIpc) is 3.31. The first-order valence-corrected chi connectivity index (χ1v) is 27.4. The summed E-state index contributed by atoms with van der Waals surface area (Å²) in [5, 5.41) is 29.9. The number of nitrogens with one attached hydrogen (secondary N) is 1. The molecular weight excluding hydrogens is 1200 g/mol. The fourth-order valence-electron chi connectivity index (χ4n) is 6.33. The number of ether oxygens (including phenoxy) is 3. The Morgan fingerprint density at radius 3 is 1.69 bits per heavy atom. The number of azo groups is 2. The standard InChI is InChI=1S/C44H44I2N8O13S3/c1-3-15-66-39-23-36(53-51-31-9-5-28(26-55)6-10-31)34(45)18-29(39)20-42-48-43(50-44(49-42)47-25-27-7-12-33(13-8-27)69(59,60)61)21-30-19-35(46)37(24-40(30)67-16-4-17-68(56,57)58)54-52-32-11-14-38(65-2)41(22-32)70(62,63)64/h5-14,18-19,22-24,55H,3-4,15-17,20-21,25-26H2,1-2H3,(H,56,57,58)(H,59,60,61)(H,62,63,64)(H,47,48,49,50). The fraction of sp³-hybridized carbons (Fsp3) is 0.250. The van der Waals surface area contributed by atoms with Crippen LogP contribution in [0.2, 0.25) is 0 Å². The van der Waals surface area contributed by atoms with Gasteiger partial charge in [-0.1, -0.05) is 31.2 Å². The Hall–Kier alpha value is -5.34. The van der Waals surface area contributed by atoms with Crippen LogP contribution in [0.4, 0.5) is 28.7 Å². The van der Waals surface area contributed by atoms with Crippen molar-refractivity contribution in [3.63, 3.8) is 0 Å².